The van der Waals surface area contributed by atoms with Crippen molar-refractivity contribution in [3.8, 4) is 0 Å². The molecule has 0 radical (unpaired) electrons. The van der Waals surface area contributed by atoms with Gasteiger partial charge in [0.2, 0.25) is 0 Å². The van der Waals surface area contributed by atoms with Gasteiger partial charge in [-0.2, -0.15) is 5.10 Å². The lowest BCUT2D eigenvalue weighted by molar-refractivity contribution is 0.0517. The van der Waals surface area contributed by atoms with Crippen LogP contribution >= 0.6 is 11.6 Å². The minimum Gasteiger partial charge on any atom is -0.463 e. The largest absolute Gasteiger partial charge is 0.463 e. The summed E-state index contributed by atoms with van der Waals surface area (Å²) in [6.07, 6.45) is 3.66. The van der Waals surface area contributed by atoms with Gasteiger partial charge in [0, 0.05) is 12.5 Å². The molecule has 0 atom stereocenters. The molecule has 1 aliphatic rings. The fourth-order valence-corrected chi connectivity index (χ4v) is 3.42. The van der Waals surface area contributed by atoms with Gasteiger partial charge >= 0.3 is 27.3 Å². The minimum absolute atomic E-state index is 0.166. The number of carbonyl (C=O) groups excluding carboxylic acids is 1. The average Bonchev–Trinajstić information content (AvgIpc) is 2.91. The Kier molecular flexibility index (Phi) is 5.91. The second-order valence-electron chi connectivity index (χ2n) is 7.57. The molecular formula is C16H22B3ClN2O5. The van der Waals surface area contributed by atoms with Crippen LogP contribution in [-0.2, 0) is 23.9 Å². The lowest BCUT2D eigenvalue weighted by Gasteiger charge is -2.27. The van der Waals surface area contributed by atoms with Gasteiger partial charge in [-0.15, -0.1) is 0 Å². The molecule has 0 N–H and O–H groups in total. The zero-order valence-electron chi connectivity index (χ0n) is 16.2. The Labute approximate surface area is 165 Å². The van der Waals surface area contributed by atoms with Crippen LogP contribution < -0.4 is 0 Å². The standard InChI is InChI=1S/C16H22B3ClN2O5/c1-16(2,3)14-12(9-21-22-10-11(20)8-13(14)22)15(23)24-7-6-19-26-17(4)25-18(5)27-19/h8-10H,6-7H2,1-5H3. The van der Waals surface area contributed by atoms with Gasteiger partial charge in [-0.05, 0) is 30.7 Å². The molecule has 7 nitrogen and oxygen atoms in total. The fourth-order valence-electron chi connectivity index (χ4n) is 3.22. The smallest absolute Gasteiger partial charge is 0.432 e. The highest BCUT2D eigenvalue weighted by molar-refractivity contribution is 6.72. The van der Waals surface area contributed by atoms with Gasteiger partial charge < -0.3 is 18.5 Å². The maximum atomic E-state index is 12.7. The van der Waals surface area contributed by atoms with Gasteiger partial charge in [-0.1, -0.05) is 32.4 Å². The molecule has 0 spiro atoms. The quantitative estimate of drug-likeness (QED) is 0.590. The van der Waals surface area contributed by atoms with Gasteiger partial charge in [-0.3, -0.25) is 0 Å². The molecule has 11 heteroatoms. The van der Waals surface area contributed by atoms with Gasteiger partial charge in [0.1, 0.15) is 0 Å². The van der Waals surface area contributed by atoms with E-state index in [-0.39, 0.29) is 26.3 Å². The Morgan fingerprint density at radius 2 is 1.93 bits per heavy atom. The number of carbonyl (C=O) groups is 1. The van der Waals surface area contributed by atoms with E-state index in [0.717, 1.165) is 11.1 Å². The Morgan fingerprint density at radius 3 is 2.56 bits per heavy atom. The van der Waals surface area contributed by atoms with Crippen LogP contribution in [-0.4, -0.2) is 43.5 Å². The number of hydrogen-bond acceptors (Lipinski definition) is 6. The first-order valence-corrected chi connectivity index (χ1v) is 9.34. The van der Waals surface area contributed by atoms with Crippen LogP contribution in [0.5, 0.6) is 0 Å². The van der Waals surface area contributed by atoms with E-state index in [9.17, 15) is 4.79 Å². The molecule has 2 aromatic rings. The summed E-state index contributed by atoms with van der Waals surface area (Å²) >= 11 is 6.12. The first kappa shape index (κ1) is 20.3. The molecule has 27 heavy (non-hydrogen) atoms. The van der Waals surface area contributed by atoms with E-state index >= 15 is 0 Å². The third-order valence-electron chi connectivity index (χ3n) is 4.23. The van der Waals surface area contributed by atoms with Crippen molar-refractivity contribution in [2.45, 2.75) is 46.2 Å². The molecule has 1 fully saturated rings. The number of esters is 1. The Hall–Kier alpha value is -1.48. The lowest BCUT2D eigenvalue weighted by Crippen LogP contribution is -2.46. The number of nitrogens with zero attached hydrogens (tertiary/aromatic N) is 2. The normalized spacial score (nSPS) is 15.6. The molecule has 1 saturated heterocycles. The van der Waals surface area contributed by atoms with Crippen molar-refractivity contribution in [2.24, 2.45) is 0 Å². The molecule has 2 aromatic heterocycles. The molecule has 0 amide bonds. The minimum atomic E-state index is -0.469. The van der Waals surface area contributed by atoms with Crippen LogP contribution in [0.25, 0.3) is 5.52 Å². The summed E-state index contributed by atoms with van der Waals surface area (Å²) in [7, 11) is -1.18. The second kappa shape index (κ2) is 7.87. The topological polar surface area (TPSA) is 71.3 Å². The third kappa shape index (κ3) is 4.69. The fraction of sp³-hybridized carbons (Fsp3) is 0.500. The van der Waals surface area contributed by atoms with Crippen LogP contribution in [0.3, 0.4) is 0 Å². The zero-order valence-corrected chi connectivity index (χ0v) is 16.9. The predicted molar refractivity (Wildman–Crippen MR) is 106 cm³/mol. The van der Waals surface area contributed by atoms with Crippen LogP contribution in [0.1, 0.15) is 36.7 Å². The number of hydrogen-bond donors (Lipinski definition) is 0. The Balaban J connectivity index is 1.74. The highest BCUT2D eigenvalue weighted by Crippen LogP contribution is 2.32. The Bertz CT molecular complexity index is 831. The van der Waals surface area contributed by atoms with E-state index in [1.807, 2.05) is 20.8 Å². The summed E-state index contributed by atoms with van der Waals surface area (Å²) in [6, 6.07) is 1.80. The van der Waals surface area contributed by atoms with Crippen molar-refractivity contribution in [3.05, 3.63) is 34.6 Å². The number of ether oxygens (including phenoxy) is 1. The molecule has 0 saturated carbocycles. The molecule has 1 aliphatic heterocycles. The lowest BCUT2D eigenvalue weighted by atomic mass is 9.70. The average molecular weight is 390 g/mol. The van der Waals surface area contributed by atoms with Gasteiger partial charge in [-0.25, -0.2) is 9.31 Å². The van der Waals surface area contributed by atoms with Crippen molar-refractivity contribution < 1.29 is 23.2 Å². The first-order valence-electron chi connectivity index (χ1n) is 8.96. The number of aromatic nitrogens is 2. The van der Waals surface area contributed by atoms with Gasteiger partial charge in [0.05, 0.1) is 28.9 Å². The summed E-state index contributed by atoms with van der Waals surface area (Å²) in [5.74, 6) is -0.430. The Morgan fingerprint density at radius 1 is 1.26 bits per heavy atom. The highest BCUT2D eigenvalue weighted by Gasteiger charge is 2.35. The van der Waals surface area contributed by atoms with E-state index in [1.165, 1.54) is 6.20 Å². The molecule has 0 unspecified atom stereocenters. The number of halogens is 1. The van der Waals surface area contributed by atoms with Gasteiger partial charge in [0.15, 0.2) is 0 Å². The molecule has 0 aliphatic carbocycles. The van der Waals surface area contributed by atoms with Crippen molar-refractivity contribution in [1.29, 1.82) is 0 Å². The number of fused-ring (bicyclic) bond motifs is 1. The SMILES string of the molecule is CB1OB(C)OB(CCOC(=O)c2cnn3cc(Cl)cc3c2C(C)(C)C)O1. The summed E-state index contributed by atoms with van der Waals surface area (Å²) < 4.78 is 23.5. The first-order chi connectivity index (χ1) is 12.6. The van der Waals surface area contributed by atoms with E-state index < -0.39 is 13.1 Å². The monoisotopic (exact) mass is 390 g/mol. The third-order valence-corrected chi connectivity index (χ3v) is 4.44. The molecule has 3 rings (SSSR count). The van der Waals surface area contributed by atoms with Crippen LogP contribution in [0.15, 0.2) is 18.5 Å². The van der Waals surface area contributed by atoms with Crippen LogP contribution in [0.2, 0.25) is 25.0 Å². The predicted octanol–water partition coefficient (Wildman–Crippen LogP) is 3.23. The van der Waals surface area contributed by atoms with E-state index in [2.05, 4.69) is 5.10 Å². The van der Waals surface area contributed by atoms with E-state index in [4.69, 9.17) is 30.1 Å². The second-order valence-corrected chi connectivity index (χ2v) is 8.01. The highest BCUT2D eigenvalue weighted by atomic mass is 35.5. The van der Waals surface area contributed by atoms with Crippen molar-refractivity contribution >= 4 is 44.4 Å². The molecule has 3 heterocycles. The summed E-state index contributed by atoms with van der Waals surface area (Å²) in [5.41, 5.74) is 1.77. The summed E-state index contributed by atoms with van der Waals surface area (Å²) in [4.78, 5) is 12.7. The van der Waals surface area contributed by atoms with E-state index in [0.29, 0.717) is 16.9 Å². The molecule has 142 valence electrons. The van der Waals surface area contributed by atoms with Crippen molar-refractivity contribution in [1.82, 2.24) is 9.61 Å². The summed E-state index contributed by atoms with van der Waals surface area (Å²) in [5, 5.41) is 4.85. The van der Waals surface area contributed by atoms with Crippen molar-refractivity contribution in [2.75, 3.05) is 6.61 Å². The maximum absolute atomic E-state index is 12.7. The molecule has 0 aromatic carbocycles. The van der Waals surface area contributed by atoms with E-state index in [1.54, 1.807) is 30.4 Å². The molecular weight excluding hydrogens is 368 g/mol. The maximum Gasteiger partial charge on any atom is 0.432 e. The number of rotatable bonds is 4. The van der Waals surface area contributed by atoms with Crippen LogP contribution in [0, 0.1) is 0 Å². The van der Waals surface area contributed by atoms with Crippen molar-refractivity contribution in [3.63, 3.8) is 0 Å². The van der Waals surface area contributed by atoms with Crippen LogP contribution in [0.4, 0.5) is 0 Å². The summed E-state index contributed by atoms with van der Waals surface area (Å²) in [6.45, 7) is 9.87. The zero-order chi connectivity index (χ0) is 19.8. The molecule has 0 bridgehead atoms. The van der Waals surface area contributed by atoms with Gasteiger partial charge in [0.25, 0.3) is 0 Å².